The van der Waals surface area contributed by atoms with Crippen molar-refractivity contribution in [3.8, 4) is 33.8 Å². The Morgan fingerprint density at radius 1 is 0.973 bits per heavy atom. The Labute approximate surface area is 209 Å². The number of hydrogen-bond donors (Lipinski definition) is 4. The third kappa shape index (κ3) is 3.87. The predicted octanol–water partition coefficient (Wildman–Crippen LogP) is 4.90. The molecule has 1 atom stereocenters. The van der Waals surface area contributed by atoms with Crippen molar-refractivity contribution in [1.29, 1.82) is 0 Å². The second-order valence-electron chi connectivity index (χ2n) is 9.23. The maximum absolute atomic E-state index is 14.5. The number of fused-ring (bicyclic) bond motifs is 2. The predicted molar refractivity (Wildman–Crippen MR) is 138 cm³/mol. The van der Waals surface area contributed by atoms with Gasteiger partial charge < -0.3 is 15.4 Å². The van der Waals surface area contributed by atoms with Crippen LogP contribution in [0, 0.1) is 11.7 Å². The van der Waals surface area contributed by atoms with Gasteiger partial charge in [0, 0.05) is 46.8 Å². The van der Waals surface area contributed by atoms with Crippen LogP contribution < -0.4 is 5.32 Å². The maximum atomic E-state index is 14.5. The Bertz CT molecular complexity index is 1770. The lowest BCUT2D eigenvalue weighted by Gasteiger charge is -2.13. The van der Waals surface area contributed by atoms with Crippen LogP contribution >= 0.6 is 0 Å². The number of rotatable bonds is 6. The van der Waals surface area contributed by atoms with Crippen molar-refractivity contribution in [1.82, 2.24) is 35.1 Å². The molecule has 0 spiro atoms. The van der Waals surface area contributed by atoms with Crippen LogP contribution in [0.5, 0.6) is 0 Å². The summed E-state index contributed by atoms with van der Waals surface area (Å²) < 4.78 is 14.5. The number of hydrogen-bond acceptors (Lipinski definition) is 7. The molecule has 1 saturated carbocycles. The van der Waals surface area contributed by atoms with E-state index in [9.17, 15) is 9.50 Å². The largest absolute Gasteiger partial charge is 0.374 e. The fraction of sp³-hybridized carbons (Fsp3) is 0.148. The van der Waals surface area contributed by atoms with Gasteiger partial charge in [-0.3, -0.25) is 15.1 Å². The summed E-state index contributed by atoms with van der Waals surface area (Å²) in [6, 6.07) is 10.5. The lowest BCUT2D eigenvalue weighted by Crippen LogP contribution is -2.20. The molecular weight excluding hydrogens is 471 g/mol. The first-order valence-electron chi connectivity index (χ1n) is 12.0. The standard InChI is InChI=1S/C27H21FN8O/c28-21-4-2-1-3-18(21)20-12-30-13-22-23(20)34-26(33-22)24-19-8-16(10-31-25(19)36-35-24)15-7-17(11-29-9-15)32-27(37)14-5-6-14/h1-4,7-14,27,32,37H,5-6H2,(H,33,34)(H,31,35,36). The number of imidazole rings is 1. The topological polar surface area (TPSA) is 128 Å². The maximum Gasteiger partial charge on any atom is 0.159 e. The molecule has 7 rings (SSSR count). The van der Waals surface area contributed by atoms with Crippen LogP contribution in [0.15, 0.2) is 67.4 Å². The summed E-state index contributed by atoms with van der Waals surface area (Å²) in [4.78, 5) is 21.2. The smallest absolute Gasteiger partial charge is 0.159 e. The van der Waals surface area contributed by atoms with E-state index in [2.05, 4.69) is 35.5 Å². The first kappa shape index (κ1) is 21.6. The summed E-state index contributed by atoms with van der Waals surface area (Å²) in [6.07, 6.45) is 9.97. The molecule has 1 unspecified atom stereocenters. The van der Waals surface area contributed by atoms with E-state index in [1.54, 1.807) is 49.2 Å². The van der Waals surface area contributed by atoms with E-state index in [0.717, 1.165) is 35.0 Å². The van der Waals surface area contributed by atoms with Crippen molar-refractivity contribution in [2.24, 2.45) is 5.92 Å². The zero-order valence-corrected chi connectivity index (χ0v) is 19.5. The number of aromatic amines is 2. The van der Waals surface area contributed by atoms with Crippen molar-refractivity contribution >= 4 is 27.8 Å². The summed E-state index contributed by atoms with van der Waals surface area (Å²) in [7, 11) is 0. The van der Waals surface area contributed by atoms with E-state index in [4.69, 9.17) is 4.98 Å². The second-order valence-corrected chi connectivity index (χ2v) is 9.23. The van der Waals surface area contributed by atoms with Crippen molar-refractivity contribution in [3.63, 3.8) is 0 Å². The minimum atomic E-state index is -0.574. The fourth-order valence-corrected chi connectivity index (χ4v) is 4.54. The highest BCUT2D eigenvalue weighted by atomic mass is 19.1. The first-order valence-corrected chi connectivity index (χ1v) is 12.0. The van der Waals surface area contributed by atoms with Crippen molar-refractivity contribution in [3.05, 3.63) is 73.2 Å². The van der Waals surface area contributed by atoms with E-state index in [0.29, 0.717) is 45.2 Å². The summed E-state index contributed by atoms with van der Waals surface area (Å²) in [5.74, 6) is 0.482. The molecule has 1 aliphatic rings. The Hall–Kier alpha value is -4.70. The number of anilines is 1. The zero-order valence-electron chi connectivity index (χ0n) is 19.5. The Balaban J connectivity index is 1.29. The molecule has 1 aliphatic carbocycles. The number of aliphatic hydroxyl groups excluding tert-OH is 1. The van der Waals surface area contributed by atoms with Gasteiger partial charge in [-0.05, 0) is 31.0 Å². The molecular formula is C27H21FN8O. The number of pyridine rings is 3. The number of H-pyrrole nitrogens is 2. The molecule has 5 heterocycles. The van der Waals surface area contributed by atoms with Gasteiger partial charge in [-0.25, -0.2) is 14.4 Å². The molecule has 37 heavy (non-hydrogen) atoms. The minimum absolute atomic E-state index is 0.299. The number of nitrogens with one attached hydrogen (secondary N) is 3. The Morgan fingerprint density at radius 2 is 1.81 bits per heavy atom. The number of aliphatic hydroxyl groups is 1. The Morgan fingerprint density at radius 3 is 2.68 bits per heavy atom. The molecule has 1 aromatic carbocycles. The lowest BCUT2D eigenvalue weighted by atomic mass is 10.1. The molecule has 0 radical (unpaired) electrons. The molecule has 1 fully saturated rings. The number of nitrogens with zero attached hydrogens (tertiary/aromatic N) is 5. The van der Waals surface area contributed by atoms with E-state index in [1.807, 2.05) is 12.1 Å². The summed E-state index contributed by atoms with van der Waals surface area (Å²) in [6.45, 7) is 0. The highest BCUT2D eigenvalue weighted by molar-refractivity contribution is 5.96. The molecule has 5 aromatic heterocycles. The van der Waals surface area contributed by atoms with Gasteiger partial charge in [0.1, 0.15) is 23.3 Å². The number of benzene rings is 1. The van der Waals surface area contributed by atoms with E-state index >= 15 is 0 Å². The van der Waals surface area contributed by atoms with Crippen LogP contribution in [0.4, 0.5) is 10.1 Å². The third-order valence-electron chi connectivity index (χ3n) is 6.65. The van der Waals surface area contributed by atoms with Gasteiger partial charge in [0.15, 0.2) is 11.5 Å². The second kappa shape index (κ2) is 8.45. The SMILES string of the molecule is OC(Nc1cncc(-c2cnc3[nH]nc(-c4nc5c(-c6ccccc6F)cncc5[nH]4)c3c2)c1)C1CC1. The van der Waals surface area contributed by atoms with Crippen LogP contribution in [-0.4, -0.2) is 46.5 Å². The quantitative estimate of drug-likeness (QED) is 0.243. The van der Waals surface area contributed by atoms with E-state index < -0.39 is 6.23 Å². The van der Waals surface area contributed by atoms with Crippen molar-refractivity contribution in [2.75, 3.05) is 5.32 Å². The fourth-order valence-electron chi connectivity index (χ4n) is 4.54. The van der Waals surface area contributed by atoms with Crippen LogP contribution in [0.1, 0.15) is 12.8 Å². The molecule has 4 N–H and O–H groups in total. The van der Waals surface area contributed by atoms with Crippen LogP contribution in [0.2, 0.25) is 0 Å². The van der Waals surface area contributed by atoms with Gasteiger partial charge in [0.2, 0.25) is 0 Å². The third-order valence-corrected chi connectivity index (χ3v) is 6.65. The van der Waals surface area contributed by atoms with Crippen molar-refractivity contribution < 1.29 is 9.50 Å². The highest BCUT2D eigenvalue weighted by Crippen LogP contribution is 2.35. The first-order chi connectivity index (χ1) is 18.1. The molecule has 182 valence electrons. The Kier molecular flexibility index (Phi) is 4.93. The van der Waals surface area contributed by atoms with Crippen molar-refractivity contribution in [2.45, 2.75) is 19.1 Å². The molecule has 6 aromatic rings. The number of halogens is 1. The van der Waals surface area contributed by atoms with E-state index in [-0.39, 0.29) is 5.82 Å². The van der Waals surface area contributed by atoms with E-state index in [1.165, 1.54) is 6.07 Å². The van der Waals surface area contributed by atoms with Gasteiger partial charge in [0.25, 0.3) is 0 Å². The van der Waals surface area contributed by atoms with Gasteiger partial charge in [0.05, 0.1) is 29.0 Å². The average Bonchev–Trinajstić information content (AvgIpc) is 3.55. The van der Waals surface area contributed by atoms with Gasteiger partial charge >= 0.3 is 0 Å². The molecule has 10 heteroatoms. The average molecular weight is 493 g/mol. The lowest BCUT2D eigenvalue weighted by molar-refractivity contribution is 0.180. The van der Waals surface area contributed by atoms with Crippen LogP contribution in [-0.2, 0) is 0 Å². The van der Waals surface area contributed by atoms with Gasteiger partial charge in [-0.15, -0.1) is 0 Å². The molecule has 0 bridgehead atoms. The zero-order chi connectivity index (χ0) is 24.9. The molecule has 0 saturated heterocycles. The molecule has 9 nitrogen and oxygen atoms in total. The van der Waals surface area contributed by atoms with Crippen LogP contribution in [0.25, 0.3) is 55.8 Å². The summed E-state index contributed by atoms with van der Waals surface area (Å²) in [5.41, 5.74) is 5.95. The monoisotopic (exact) mass is 492 g/mol. The summed E-state index contributed by atoms with van der Waals surface area (Å²) in [5, 5.41) is 21.6. The van der Waals surface area contributed by atoms with Gasteiger partial charge in [-0.2, -0.15) is 5.10 Å². The molecule has 0 amide bonds. The van der Waals surface area contributed by atoms with Gasteiger partial charge in [-0.1, -0.05) is 18.2 Å². The molecule has 0 aliphatic heterocycles. The minimum Gasteiger partial charge on any atom is -0.374 e. The highest BCUT2D eigenvalue weighted by Gasteiger charge is 2.29. The normalized spacial score (nSPS) is 14.3. The summed E-state index contributed by atoms with van der Waals surface area (Å²) >= 11 is 0. The van der Waals surface area contributed by atoms with Crippen LogP contribution in [0.3, 0.4) is 0 Å². The number of aromatic nitrogens is 7.